The fourth-order valence-electron chi connectivity index (χ4n) is 2.02. The Hall–Kier alpha value is -0.170. The fraction of sp³-hybridized carbons (Fsp3) is 1.00. The standard InChI is InChI=1S/C11H22N2O3S/c1-16-11(5-2-6-11)9-13-17(14,15)8-7-12-10-3-4-10/h10,12-13H,2-9H2,1H3. The molecule has 0 spiro atoms. The van der Waals surface area contributed by atoms with E-state index >= 15 is 0 Å². The maximum Gasteiger partial charge on any atom is 0.212 e. The minimum atomic E-state index is -3.16. The number of hydrogen-bond donors (Lipinski definition) is 2. The van der Waals surface area contributed by atoms with E-state index in [2.05, 4.69) is 10.0 Å². The Labute approximate surface area is 103 Å². The predicted molar refractivity (Wildman–Crippen MR) is 66.4 cm³/mol. The van der Waals surface area contributed by atoms with Crippen LogP contribution in [0, 0.1) is 0 Å². The molecule has 0 atom stereocenters. The van der Waals surface area contributed by atoms with Crippen LogP contribution in [0.4, 0.5) is 0 Å². The van der Waals surface area contributed by atoms with E-state index < -0.39 is 10.0 Å². The number of hydrogen-bond acceptors (Lipinski definition) is 4. The van der Waals surface area contributed by atoms with Crippen molar-refractivity contribution in [3.8, 4) is 0 Å². The Kier molecular flexibility index (Phi) is 4.07. The molecular weight excluding hydrogens is 240 g/mol. The van der Waals surface area contributed by atoms with Crippen molar-refractivity contribution < 1.29 is 13.2 Å². The first-order valence-electron chi connectivity index (χ1n) is 6.31. The first-order chi connectivity index (χ1) is 8.05. The van der Waals surface area contributed by atoms with Gasteiger partial charge >= 0.3 is 0 Å². The van der Waals surface area contributed by atoms with Crippen molar-refractivity contribution in [1.82, 2.24) is 10.0 Å². The average Bonchev–Trinajstić information content (AvgIpc) is 3.00. The van der Waals surface area contributed by atoms with Gasteiger partial charge in [0.05, 0.1) is 11.4 Å². The lowest BCUT2D eigenvalue weighted by Crippen LogP contribution is -2.50. The summed E-state index contributed by atoms with van der Waals surface area (Å²) < 4.78 is 31.5. The second-order valence-corrected chi connectivity index (χ2v) is 7.04. The van der Waals surface area contributed by atoms with Gasteiger partial charge in [-0.2, -0.15) is 0 Å². The highest BCUT2D eigenvalue weighted by Crippen LogP contribution is 2.34. The lowest BCUT2D eigenvalue weighted by molar-refractivity contribution is -0.0659. The number of methoxy groups -OCH3 is 1. The van der Waals surface area contributed by atoms with Crippen LogP contribution < -0.4 is 10.0 Å². The lowest BCUT2D eigenvalue weighted by Gasteiger charge is -2.40. The van der Waals surface area contributed by atoms with E-state index in [1.807, 2.05) is 0 Å². The molecule has 0 radical (unpaired) electrons. The van der Waals surface area contributed by atoms with Crippen LogP contribution in [0.25, 0.3) is 0 Å². The molecule has 0 aromatic carbocycles. The third kappa shape index (κ3) is 3.91. The van der Waals surface area contributed by atoms with Crippen LogP contribution in [0.3, 0.4) is 0 Å². The third-order valence-corrected chi connectivity index (χ3v) is 5.02. The third-order valence-electron chi connectivity index (χ3n) is 3.69. The molecule has 2 N–H and O–H groups in total. The van der Waals surface area contributed by atoms with Gasteiger partial charge in [0.15, 0.2) is 0 Å². The van der Waals surface area contributed by atoms with E-state index in [1.165, 1.54) is 12.8 Å². The van der Waals surface area contributed by atoms with Gasteiger partial charge in [-0.05, 0) is 32.1 Å². The molecule has 2 aliphatic carbocycles. The second kappa shape index (κ2) is 5.22. The van der Waals surface area contributed by atoms with E-state index in [-0.39, 0.29) is 11.4 Å². The highest BCUT2D eigenvalue weighted by atomic mass is 32.2. The van der Waals surface area contributed by atoms with Crippen molar-refractivity contribution in [1.29, 1.82) is 0 Å². The van der Waals surface area contributed by atoms with E-state index in [1.54, 1.807) is 7.11 Å². The Bertz CT molecular complexity index is 342. The summed E-state index contributed by atoms with van der Waals surface area (Å²) in [6.07, 6.45) is 5.39. The van der Waals surface area contributed by atoms with Gasteiger partial charge in [-0.3, -0.25) is 0 Å². The summed E-state index contributed by atoms with van der Waals surface area (Å²) in [4.78, 5) is 0. The van der Waals surface area contributed by atoms with E-state index in [0.29, 0.717) is 19.1 Å². The van der Waals surface area contributed by atoms with Gasteiger partial charge in [-0.15, -0.1) is 0 Å². The van der Waals surface area contributed by atoms with Gasteiger partial charge in [0, 0.05) is 26.2 Å². The van der Waals surface area contributed by atoms with E-state index in [0.717, 1.165) is 19.3 Å². The van der Waals surface area contributed by atoms with Crippen LogP contribution >= 0.6 is 0 Å². The van der Waals surface area contributed by atoms with Crippen LogP contribution in [0.15, 0.2) is 0 Å². The van der Waals surface area contributed by atoms with Crippen LogP contribution in [0.1, 0.15) is 32.1 Å². The van der Waals surface area contributed by atoms with Crippen molar-refractivity contribution in [2.75, 3.05) is 26.0 Å². The van der Waals surface area contributed by atoms with E-state index in [4.69, 9.17) is 4.74 Å². The molecule has 0 unspecified atom stereocenters. The molecule has 5 nitrogen and oxygen atoms in total. The van der Waals surface area contributed by atoms with Crippen LogP contribution in [-0.4, -0.2) is 46.0 Å². The molecule has 0 aliphatic heterocycles. The zero-order valence-corrected chi connectivity index (χ0v) is 11.2. The molecule has 0 aromatic rings. The summed E-state index contributed by atoms with van der Waals surface area (Å²) in [7, 11) is -1.51. The molecule has 0 heterocycles. The Morgan fingerprint density at radius 1 is 1.35 bits per heavy atom. The molecule has 2 saturated carbocycles. The number of rotatable bonds is 8. The van der Waals surface area contributed by atoms with Gasteiger partial charge in [-0.25, -0.2) is 13.1 Å². The van der Waals surface area contributed by atoms with Gasteiger partial charge in [0.25, 0.3) is 0 Å². The minimum Gasteiger partial charge on any atom is -0.377 e. The van der Waals surface area contributed by atoms with Crippen molar-refractivity contribution in [3.05, 3.63) is 0 Å². The topological polar surface area (TPSA) is 67.4 Å². The second-order valence-electron chi connectivity index (χ2n) is 5.11. The average molecular weight is 262 g/mol. The van der Waals surface area contributed by atoms with Crippen molar-refractivity contribution in [2.45, 2.75) is 43.7 Å². The normalized spacial score (nSPS) is 23.4. The fourth-order valence-corrected chi connectivity index (χ4v) is 3.04. The van der Waals surface area contributed by atoms with Gasteiger partial charge in [0.1, 0.15) is 0 Å². The molecular formula is C11H22N2O3S. The predicted octanol–water partition coefficient (Wildman–Crippen LogP) is 0.227. The maximum absolute atomic E-state index is 11.7. The number of sulfonamides is 1. The zero-order valence-electron chi connectivity index (χ0n) is 10.4. The molecule has 2 fully saturated rings. The largest absolute Gasteiger partial charge is 0.377 e. The number of nitrogens with one attached hydrogen (secondary N) is 2. The van der Waals surface area contributed by atoms with E-state index in [9.17, 15) is 8.42 Å². The van der Waals surface area contributed by atoms with Crippen LogP contribution in [0.5, 0.6) is 0 Å². The summed E-state index contributed by atoms with van der Waals surface area (Å²) in [5.74, 6) is 0.156. The van der Waals surface area contributed by atoms with Crippen LogP contribution in [-0.2, 0) is 14.8 Å². The molecule has 0 amide bonds. The first-order valence-corrected chi connectivity index (χ1v) is 7.96. The van der Waals surface area contributed by atoms with Crippen molar-refractivity contribution in [3.63, 3.8) is 0 Å². The summed E-state index contributed by atoms with van der Waals surface area (Å²) in [5, 5.41) is 3.20. The molecule has 0 bridgehead atoms. The molecule has 2 aliphatic rings. The monoisotopic (exact) mass is 262 g/mol. The quantitative estimate of drug-likeness (QED) is 0.657. The highest BCUT2D eigenvalue weighted by molar-refractivity contribution is 7.89. The van der Waals surface area contributed by atoms with Crippen LogP contribution in [0.2, 0.25) is 0 Å². The SMILES string of the molecule is COC1(CNS(=O)(=O)CCNC2CC2)CCC1. The lowest BCUT2D eigenvalue weighted by atomic mass is 9.80. The van der Waals surface area contributed by atoms with Gasteiger partial charge in [-0.1, -0.05) is 0 Å². The number of ether oxygens (including phenoxy) is 1. The zero-order chi connectivity index (χ0) is 12.4. The smallest absolute Gasteiger partial charge is 0.212 e. The van der Waals surface area contributed by atoms with Crippen molar-refractivity contribution >= 4 is 10.0 Å². The molecule has 0 saturated heterocycles. The molecule has 6 heteroatoms. The van der Waals surface area contributed by atoms with Gasteiger partial charge in [0.2, 0.25) is 10.0 Å². The Morgan fingerprint density at radius 2 is 2.06 bits per heavy atom. The summed E-state index contributed by atoms with van der Waals surface area (Å²) in [6, 6.07) is 0.558. The first kappa shape index (κ1) is 13.3. The molecule has 17 heavy (non-hydrogen) atoms. The Morgan fingerprint density at radius 3 is 2.53 bits per heavy atom. The minimum absolute atomic E-state index is 0.156. The Balaban J connectivity index is 1.68. The molecule has 2 rings (SSSR count). The summed E-state index contributed by atoms with van der Waals surface area (Å²) in [6.45, 7) is 0.954. The maximum atomic E-state index is 11.7. The van der Waals surface area contributed by atoms with Gasteiger partial charge < -0.3 is 10.1 Å². The summed E-state index contributed by atoms with van der Waals surface area (Å²) in [5.41, 5.74) is -0.239. The van der Waals surface area contributed by atoms with Crippen molar-refractivity contribution in [2.24, 2.45) is 0 Å². The molecule has 100 valence electrons. The molecule has 0 aromatic heterocycles. The summed E-state index contributed by atoms with van der Waals surface area (Å²) >= 11 is 0. The highest BCUT2D eigenvalue weighted by Gasteiger charge is 2.37.